The van der Waals surface area contributed by atoms with E-state index in [0.29, 0.717) is 13.1 Å². The van der Waals surface area contributed by atoms with Crippen molar-refractivity contribution in [1.82, 2.24) is 4.90 Å². The van der Waals surface area contributed by atoms with Crippen LogP contribution in [0.25, 0.3) is 10.1 Å². The Hall–Kier alpha value is -2.46. The van der Waals surface area contributed by atoms with Crippen LogP contribution in [0.1, 0.15) is 38.4 Å². The summed E-state index contributed by atoms with van der Waals surface area (Å²) < 4.78 is 1.16. The Morgan fingerprint density at radius 2 is 1.62 bits per heavy atom. The van der Waals surface area contributed by atoms with E-state index in [2.05, 4.69) is 12.1 Å². The van der Waals surface area contributed by atoms with Gasteiger partial charge in [0.15, 0.2) is 5.78 Å². The quantitative estimate of drug-likeness (QED) is 0.618. The largest absolute Gasteiger partial charge is 0.338 e. The normalized spacial score (nSPS) is 15.3. The van der Waals surface area contributed by atoms with Crippen molar-refractivity contribution in [3.63, 3.8) is 0 Å². The molecule has 1 saturated heterocycles. The van der Waals surface area contributed by atoms with Crippen LogP contribution in [-0.2, 0) is 0 Å². The van der Waals surface area contributed by atoms with Crippen LogP contribution in [-0.4, -0.2) is 29.7 Å². The van der Waals surface area contributed by atoms with Crippen LogP contribution in [0.4, 0.5) is 0 Å². The van der Waals surface area contributed by atoms with E-state index in [9.17, 15) is 9.59 Å². The topological polar surface area (TPSA) is 37.4 Å². The van der Waals surface area contributed by atoms with E-state index in [0.717, 1.165) is 38.9 Å². The lowest BCUT2D eigenvalue weighted by Gasteiger charge is -2.31. The number of Topliss-reactive ketones (excluding diaryl/α,β-unsaturated/α-hetero) is 1. The predicted molar refractivity (Wildman–Crippen MR) is 106 cm³/mol. The number of rotatable bonds is 3. The third-order valence-corrected chi connectivity index (χ3v) is 6.51. The molecule has 3 nitrogen and oxygen atoms in total. The molecule has 0 atom stereocenters. The van der Waals surface area contributed by atoms with Crippen molar-refractivity contribution < 1.29 is 9.59 Å². The summed E-state index contributed by atoms with van der Waals surface area (Å²) in [6.45, 7) is 3.32. The summed E-state index contributed by atoms with van der Waals surface area (Å²) >= 11 is 1.57. The number of thiophene rings is 1. The number of carbonyl (C=O) groups excluding carboxylic acids is 2. The van der Waals surface area contributed by atoms with Crippen LogP contribution in [0.15, 0.2) is 54.6 Å². The number of hydrogen-bond donors (Lipinski definition) is 0. The van der Waals surface area contributed by atoms with Crippen molar-refractivity contribution >= 4 is 33.1 Å². The first-order valence-corrected chi connectivity index (χ1v) is 9.83. The van der Waals surface area contributed by atoms with Crippen molar-refractivity contribution in [2.45, 2.75) is 19.8 Å². The monoisotopic (exact) mass is 363 g/mol. The molecule has 0 radical (unpaired) electrons. The molecule has 4 heteroatoms. The number of ketones is 1. The number of benzene rings is 2. The fourth-order valence-electron chi connectivity index (χ4n) is 3.70. The lowest BCUT2D eigenvalue weighted by molar-refractivity contribution is 0.0654. The van der Waals surface area contributed by atoms with Gasteiger partial charge in [0.05, 0.1) is 4.88 Å². The predicted octanol–water partition coefficient (Wildman–Crippen LogP) is 4.94. The first-order valence-electron chi connectivity index (χ1n) is 9.02. The molecule has 1 amide bonds. The van der Waals surface area contributed by atoms with Gasteiger partial charge in [-0.3, -0.25) is 9.59 Å². The number of amides is 1. The molecule has 0 unspecified atom stereocenters. The highest BCUT2D eigenvalue weighted by Gasteiger charge is 2.29. The Labute approximate surface area is 157 Å². The third kappa shape index (κ3) is 3.06. The van der Waals surface area contributed by atoms with Gasteiger partial charge in [0.1, 0.15) is 0 Å². The summed E-state index contributed by atoms with van der Waals surface area (Å²) in [5.41, 5.74) is 1.84. The van der Waals surface area contributed by atoms with E-state index < -0.39 is 0 Å². The third-order valence-electron chi connectivity index (χ3n) is 5.25. The van der Waals surface area contributed by atoms with Crippen molar-refractivity contribution in [1.29, 1.82) is 0 Å². The molecule has 2 aromatic carbocycles. The number of fused-ring (bicyclic) bond motifs is 1. The Morgan fingerprint density at radius 3 is 2.31 bits per heavy atom. The Kier molecular flexibility index (Phi) is 4.60. The van der Waals surface area contributed by atoms with E-state index in [1.807, 2.05) is 54.3 Å². The van der Waals surface area contributed by atoms with Crippen molar-refractivity contribution in [2.24, 2.45) is 5.92 Å². The van der Waals surface area contributed by atoms with Gasteiger partial charge >= 0.3 is 0 Å². The molecule has 26 heavy (non-hydrogen) atoms. The highest BCUT2D eigenvalue weighted by atomic mass is 32.1. The molecule has 0 aliphatic carbocycles. The number of likely N-dealkylation sites (tertiary alicyclic amines) is 1. The van der Waals surface area contributed by atoms with Crippen LogP contribution in [0.5, 0.6) is 0 Å². The minimum Gasteiger partial charge on any atom is -0.338 e. The highest BCUT2D eigenvalue weighted by molar-refractivity contribution is 7.21. The van der Waals surface area contributed by atoms with Crippen LogP contribution < -0.4 is 0 Å². The summed E-state index contributed by atoms with van der Waals surface area (Å²) in [5, 5.41) is 1.16. The Bertz CT molecular complexity index is 953. The first-order chi connectivity index (χ1) is 12.6. The minimum absolute atomic E-state index is 0.0185. The lowest BCUT2D eigenvalue weighted by atomic mass is 9.89. The zero-order valence-corrected chi connectivity index (χ0v) is 15.6. The molecule has 3 aromatic rings. The van der Waals surface area contributed by atoms with Gasteiger partial charge in [-0.1, -0.05) is 48.5 Å². The molecule has 1 fully saturated rings. The van der Waals surface area contributed by atoms with Crippen molar-refractivity contribution in [3.05, 3.63) is 70.6 Å². The molecular weight excluding hydrogens is 342 g/mol. The second kappa shape index (κ2) is 7.04. The van der Waals surface area contributed by atoms with Crippen molar-refractivity contribution in [2.75, 3.05) is 13.1 Å². The van der Waals surface area contributed by atoms with Gasteiger partial charge in [0.25, 0.3) is 5.91 Å². The van der Waals surface area contributed by atoms with Gasteiger partial charge < -0.3 is 4.90 Å². The molecule has 1 aliphatic rings. The highest BCUT2D eigenvalue weighted by Crippen LogP contribution is 2.32. The maximum Gasteiger partial charge on any atom is 0.264 e. The van der Waals surface area contributed by atoms with Crippen LogP contribution in [0, 0.1) is 12.8 Å². The van der Waals surface area contributed by atoms with Gasteiger partial charge in [0.2, 0.25) is 0 Å². The first kappa shape index (κ1) is 17.0. The maximum atomic E-state index is 13.0. The minimum atomic E-state index is 0.0185. The molecule has 0 spiro atoms. The van der Waals surface area contributed by atoms with Gasteiger partial charge in [0, 0.05) is 29.3 Å². The van der Waals surface area contributed by atoms with Crippen LogP contribution in [0.3, 0.4) is 0 Å². The van der Waals surface area contributed by atoms with E-state index in [-0.39, 0.29) is 17.6 Å². The van der Waals surface area contributed by atoms with Crippen molar-refractivity contribution in [3.8, 4) is 0 Å². The summed E-state index contributed by atoms with van der Waals surface area (Å²) in [6, 6.07) is 17.6. The van der Waals surface area contributed by atoms with Crippen LogP contribution in [0.2, 0.25) is 0 Å². The summed E-state index contributed by atoms with van der Waals surface area (Å²) in [7, 11) is 0. The second-order valence-corrected chi connectivity index (χ2v) is 7.90. The molecule has 0 saturated carbocycles. The average Bonchev–Trinajstić information content (AvgIpc) is 3.04. The van der Waals surface area contributed by atoms with Gasteiger partial charge in [-0.2, -0.15) is 0 Å². The molecule has 1 aromatic heterocycles. The number of piperidine rings is 1. The van der Waals surface area contributed by atoms with E-state index in [1.54, 1.807) is 11.3 Å². The van der Waals surface area contributed by atoms with E-state index in [4.69, 9.17) is 0 Å². The Morgan fingerprint density at radius 1 is 0.962 bits per heavy atom. The van der Waals surface area contributed by atoms with Gasteiger partial charge in [-0.25, -0.2) is 0 Å². The molecule has 132 valence electrons. The molecule has 0 N–H and O–H groups in total. The smallest absolute Gasteiger partial charge is 0.264 e. The lowest BCUT2D eigenvalue weighted by Crippen LogP contribution is -2.40. The maximum absolute atomic E-state index is 13.0. The number of hydrogen-bond acceptors (Lipinski definition) is 3. The molecule has 4 rings (SSSR count). The van der Waals surface area contributed by atoms with Crippen LogP contribution >= 0.6 is 11.3 Å². The zero-order chi connectivity index (χ0) is 18.1. The number of nitrogens with zero attached hydrogens (tertiary/aromatic N) is 1. The zero-order valence-electron chi connectivity index (χ0n) is 14.8. The summed E-state index contributed by atoms with van der Waals surface area (Å²) in [6.07, 6.45) is 1.48. The molecule has 1 aliphatic heterocycles. The summed E-state index contributed by atoms with van der Waals surface area (Å²) in [5.74, 6) is 0.329. The standard InChI is InChI=1S/C22H21NO2S/c1-15-18-9-5-6-10-19(18)26-21(15)22(25)23-13-11-17(12-14-23)20(24)16-7-3-2-4-8-16/h2-10,17H,11-14H2,1H3. The molecular formula is C22H21NO2S. The van der Waals surface area contributed by atoms with Gasteiger partial charge in [-0.05, 0) is 36.8 Å². The van der Waals surface area contributed by atoms with Gasteiger partial charge in [-0.15, -0.1) is 11.3 Å². The number of aryl methyl sites for hydroxylation is 1. The molecule has 0 bridgehead atoms. The SMILES string of the molecule is Cc1c(C(=O)N2CCC(C(=O)c3ccccc3)CC2)sc2ccccc12. The van der Waals surface area contributed by atoms with E-state index in [1.165, 1.54) is 0 Å². The molecule has 2 heterocycles. The number of carbonyl (C=O) groups is 2. The Balaban J connectivity index is 1.46. The second-order valence-electron chi connectivity index (χ2n) is 6.85. The van der Waals surface area contributed by atoms with E-state index >= 15 is 0 Å². The summed E-state index contributed by atoms with van der Waals surface area (Å²) in [4.78, 5) is 28.3. The fraction of sp³-hybridized carbons (Fsp3) is 0.273. The fourth-order valence-corrected chi connectivity index (χ4v) is 4.88. The average molecular weight is 363 g/mol.